The number of benzene rings is 1. The predicted octanol–water partition coefficient (Wildman–Crippen LogP) is 2.27. The van der Waals surface area contributed by atoms with Crippen LogP contribution in [0, 0.1) is 15.9 Å². The van der Waals surface area contributed by atoms with Crippen LogP contribution in [0.2, 0.25) is 0 Å². The molecule has 0 atom stereocenters. The van der Waals surface area contributed by atoms with E-state index in [0.717, 1.165) is 18.9 Å². The van der Waals surface area contributed by atoms with Crippen LogP contribution < -0.4 is 9.64 Å². The number of ether oxygens (including phenoxy) is 1. The van der Waals surface area contributed by atoms with E-state index in [9.17, 15) is 14.5 Å². The van der Waals surface area contributed by atoms with Gasteiger partial charge in [0.1, 0.15) is 5.69 Å². The van der Waals surface area contributed by atoms with Crippen molar-refractivity contribution in [1.82, 2.24) is 4.90 Å². The van der Waals surface area contributed by atoms with Crippen LogP contribution in [0.4, 0.5) is 15.8 Å². The first kappa shape index (κ1) is 15.5. The molecule has 6 nitrogen and oxygen atoms in total. The molecule has 0 saturated carbocycles. The first-order valence-electron chi connectivity index (χ1n) is 6.87. The highest BCUT2D eigenvalue weighted by atomic mass is 19.1. The van der Waals surface area contributed by atoms with Crippen LogP contribution >= 0.6 is 0 Å². The SMILES string of the molecule is COc1cc(N2CCC(N(C)C)CC2)c([N+](=O)[O-])cc1F. The van der Waals surface area contributed by atoms with Crippen molar-refractivity contribution < 1.29 is 14.1 Å². The predicted molar refractivity (Wildman–Crippen MR) is 78.5 cm³/mol. The molecule has 0 N–H and O–H groups in total. The van der Waals surface area contributed by atoms with Crippen molar-refractivity contribution in [2.75, 3.05) is 39.2 Å². The number of hydrogen-bond donors (Lipinski definition) is 0. The van der Waals surface area contributed by atoms with Gasteiger partial charge >= 0.3 is 0 Å². The van der Waals surface area contributed by atoms with Crippen molar-refractivity contribution in [3.63, 3.8) is 0 Å². The maximum absolute atomic E-state index is 13.7. The molecule has 21 heavy (non-hydrogen) atoms. The highest BCUT2D eigenvalue weighted by Crippen LogP contribution is 2.36. The molecular formula is C14H20FN3O3. The molecule has 1 saturated heterocycles. The van der Waals surface area contributed by atoms with Gasteiger partial charge in [-0.15, -0.1) is 0 Å². The van der Waals surface area contributed by atoms with E-state index in [2.05, 4.69) is 4.90 Å². The van der Waals surface area contributed by atoms with E-state index in [1.54, 1.807) is 0 Å². The molecule has 1 aliphatic rings. The van der Waals surface area contributed by atoms with Crippen LogP contribution in [0.25, 0.3) is 0 Å². The van der Waals surface area contributed by atoms with Gasteiger partial charge in [-0.3, -0.25) is 10.1 Å². The summed E-state index contributed by atoms with van der Waals surface area (Å²) in [7, 11) is 5.42. The maximum atomic E-state index is 13.7. The summed E-state index contributed by atoms with van der Waals surface area (Å²) < 4.78 is 18.6. The van der Waals surface area contributed by atoms with Gasteiger partial charge in [-0.2, -0.15) is 0 Å². The molecule has 0 unspecified atom stereocenters. The van der Waals surface area contributed by atoms with Crippen molar-refractivity contribution in [3.8, 4) is 5.75 Å². The van der Waals surface area contributed by atoms with Gasteiger partial charge in [0.15, 0.2) is 11.6 Å². The molecular weight excluding hydrogens is 277 g/mol. The number of anilines is 1. The Bertz CT molecular complexity index is 528. The Balaban J connectivity index is 2.28. The number of halogens is 1. The lowest BCUT2D eigenvalue weighted by molar-refractivity contribution is -0.384. The third-order valence-electron chi connectivity index (χ3n) is 3.98. The van der Waals surface area contributed by atoms with Gasteiger partial charge < -0.3 is 14.5 Å². The molecule has 0 aromatic heterocycles. The normalized spacial score (nSPS) is 16.3. The molecule has 1 fully saturated rings. The highest BCUT2D eigenvalue weighted by Gasteiger charge is 2.27. The van der Waals surface area contributed by atoms with Gasteiger partial charge in [-0.25, -0.2) is 4.39 Å². The highest BCUT2D eigenvalue weighted by molar-refractivity contribution is 5.66. The molecule has 1 aromatic carbocycles. The van der Waals surface area contributed by atoms with Crippen LogP contribution in [0.3, 0.4) is 0 Å². The largest absolute Gasteiger partial charge is 0.494 e. The molecule has 116 valence electrons. The quantitative estimate of drug-likeness (QED) is 0.630. The lowest BCUT2D eigenvalue weighted by Gasteiger charge is -2.36. The first-order chi connectivity index (χ1) is 9.93. The number of nitro benzene ring substituents is 1. The second kappa shape index (κ2) is 6.26. The molecule has 0 aliphatic carbocycles. The van der Waals surface area contributed by atoms with Gasteiger partial charge in [0.25, 0.3) is 5.69 Å². The number of methoxy groups -OCH3 is 1. The molecule has 0 radical (unpaired) electrons. The van der Waals surface area contributed by atoms with E-state index in [0.29, 0.717) is 24.8 Å². The zero-order valence-corrected chi connectivity index (χ0v) is 12.5. The number of hydrogen-bond acceptors (Lipinski definition) is 5. The van der Waals surface area contributed by atoms with Crippen LogP contribution in [0.5, 0.6) is 5.75 Å². The zero-order chi connectivity index (χ0) is 15.6. The van der Waals surface area contributed by atoms with Crippen LogP contribution in [-0.2, 0) is 0 Å². The van der Waals surface area contributed by atoms with Gasteiger partial charge in [0.05, 0.1) is 18.1 Å². The van der Waals surface area contributed by atoms with Crippen LogP contribution in [0.1, 0.15) is 12.8 Å². The van der Waals surface area contributed by atoms with Crippen LogP contribution in [0.15, 0.2) is 12.1 Å². The minimum atomic E-state index is -0.712. The molecule has 0 bridgehead atoms. The fourth-order valence-electron chi connectivity index (χ4n) is 2.71. The Hall–Kier alpha value is -1.89. The van der Waals surface area contributed by atoms with E-state index in [4.69, 9.17) is 4.74 Å². The zero-order valence-electron chi connectivity index (χ0n) is 12.5. The van der Waals surface area contributed by atoms with Crippen molar-refractivity contribution in [3.05, 3.63) is 28.1 Å². The van der Waals surface area contributed by atoms with E-state index in [1.165, 1.54) is 13.2 Å². The van der Waals surface area contributed by atoms with E-state index >= 15 is 0 Å². The Morgan fingerprint density at radius 3 is 2.48 bits per heavy atom. The second-order valence-electron chi connectivity index (χ2n) is 5.41. The molecule has 1 aromatic rings. The van der Waals surface area contributed by atoms with Crippen LogP contribution in [-0.4, -0.2) is 50.2 Å². The Kier molecular flexibility index (Phi) is 4.62. The summed E-state index contributed by atoms with van der Waals surface area (Å²) in [6, 6.07) is 2.83. The van der Waals surface area contributed by atoms with E-state index in [-0.39, 0.29) is 11.4 Å². The van der Waals surface area contributed by atoms with Gasteiger partial charge in [-0.1, -0.05) is 0 Å². The number of piperidine rings is 1. The van der Waals surface area contributed by atoms with Crippen molar-refractivity contribution >= 4 is 11.4 Å². The maximum Gasteiger partial charge on any atom is 0.295 e. The van der Waals surface area contributed by atoms with E-state index < -0.39 is 10.7 Å². The van der Waals surface area contributed by atoms with Crippen molar-refractivity contribution in [1.29, 1.82) is 0 Å². The van der Waals surface area contributed by atoms with Gasteiger partial charge in [0.2, 0.25) is 0 Å². The fraction of sp³-hybridized carbons (Fsp3) is 0.571. The Morgan fingerprint density at radius 2 is 2.00 bits per heavy atom. The van der Waals surface area contributed by atoms with Gasteiger partial charge in [0, 0.05) is 25.2 Å². The summed E-state index contributed by atoms with van der Waals surface area (Å²) in [5.41, 5.74) is 0.215. The average Bonchev–Trinajstić information content (AvgIpc) is 2.47. The number of nitro groups is 1. The summed E-state index contributed by atoms with van der Waals surface area (Å²) in [5.74, 6) is -0.679. The lowest BCUT2D eigenvalue weighted by atomic mass is 10.0. The third-order valence-corrected chi connectivity index (χ3v) is 3.98. The van der Waals surface area contributed by atoms with E-state index in [1.807, 2.05) is 19.0 Å². The summed E-state index contributed by atoms with van der Waals surface area (Å²) in [4.78, 5) is 14.7. The molecule has 2 rings (SSSR count). The molecule has 0 amide bonds. The Labute approximate surface area is 123 Å². The van der Waals surface area contributed by atoms with Gasteiger partial charge in [-0.05, 0) is 26.9 Å². The first-order valence-corrected chi connectivity index (χ1v) is 6.87. The monoisotopic (exact) mass is 297 g/mol. The fourth-order valence-corrected chi connectivity index (χ4v) is 2.71. The number of rotatable bonds is 4. The smallest absolute Gasteiger partial charge is 0.295 e. The Morgan fingerprint density at radius 1 is 1.38 bits per heavy atom. The second-order valence-corrected chi connectivity index (χ2v) is 5.41. The molecule has 7 heteroatoms. The molecule has 1 aliphatic heterocycles. The minimum Gasteiger partial charge on any atom is -0.494 e. The topological polar surface area (TPSA) is 58.8 Å². The van der Waals surface area contributed by atoms with Crippen molar-refractivity contribution in [2.24, 2.45) is 0 Å². The minimum absolute atomic E-state index is 0.0327. The standard InChI is InChI=1S/C14H20FN3O3/c1-16(2)10-4-6-17(7-5-10)12-9-14(21-3)11(15)8-13(12)18(19)20/h8-10H,4-7H2,1-3H3. The summed E-state index contributed by atoms with van der Waals surface area (Å²) in [6.07, 6.45) is 1.84. The third kappa shape index (κ3) is 3.24. The summed E-state index contributed by atoms with van der Waals surface area (Å²) in [6.45, 7) is 1.41. The summed E-state index contributed by atoms with van der Waals surface area (Å²) in [5, 5.41) is 11.2. The average molecular weight is 297 g/mol. The lowest BCUT2D eigenvalue weighted by Crippen LogP contribution is -2.42. The van der Waals surface area contributed by atoms with Crippen molar-refractivity contribution in [2.45, 2.75) is 18.9 Å². The molecule has 1 heterocycles. The molecule has 0 spiro atoms. The summed E-state index contributed by atoms with van der Waals surface area (Å²) >= 11 is 0. The number of nitrogens with zero attached hydrogens (tertiary/aromatic N) is 3.